The molecule has 84 valence electrons. The highest BCUT2D eigenvalue weighted by atomic mass is 32.2. The highest BCUT2D eigenvalue weighted by molar-refractivity contribution is 8.14. The van der Waals surface area contributed by atoms with Crippen molar-refractivity contribution in [2.45, 2.75) is 19.0 Å². The van der Waals surface area contributed by atoms with Gasteiger partial charge in [-0.15, -0.1) is 0 Å². The van der Waals surface area contributed by atoms with Crippen molar-refractivity contribution >= 4 is 28.9 Å². The van der Waals surface area contributed by atoms with Crippen LogP contribution < -0.4 is 5.32 Å². The van der Waals surface area contributed by atoms with E-state index >= 15 is 0 Å². The lowest BCUT2D eigenvalue weighted by Gasteiger charge is -2.24. The number of nitrogens with zero attached hydrogens (tertiary/aromatic N) is 1. The summed E-state index contributed by atoms with van der Waals surface area (Å²) in [5, 5.41) is 10.9. The summed E-state index contributed by atoms with van der Waals surface area (Å²) in [6.07, 6.45) is 0. The van der Waals surface area contributed by atoms with E-state index in [0.29, 0.717) is 5.75 Å². The van der Waals surface area contributed by atoms with Gasteiger partial charge in [0.2, 0.25) is 5.91 Å². The number of carboxylic acid groups (broad SMARTS) is 1. The van der Waals surface area contributed by atoms with E-state index in [0.717, 1.165) is 16.7 Å². The third-order valence-electron chi connectivity index (χ3n) is 2.26. The number of rotatable bonds is 3. The summed E-state index contributed by atoms with van der Waals surface area (Å²) in [5.74, 6) is -1.08. The Morgan fingerprint density at radius 1 is 1.67 bits per heavy atom. The zero-order valence-corrected chi connectivity index (χ0v) is 9.21. The van der Waals surface area contributed by atoms with Crippen molar-refractivity contribution < 1.29 is 19.5 Å². The number of nitrogens with one attached hydrogen (secondary N) is 1. The van der Waals surface area contributed by atoms with E-state index in [2.05, 4.69) is 5.32 Å². The van der Waals surface area contributed by atoms with Gasteiger partial charge in [0.15, 0.2) is 0 Å². The average molecular weight is 232 g/mol. The largest absolute Gasteiger partial charge is 0.480 e. The molecule has 1 rings (SSSR count). The molecule has 1 fully saturated rings. The van der Waals surface area contributed by atoms with Gasteiger partial charge in [0.25, 0.3) is 5.24 Å². The first kappa shape index (κ1) is 11.8. The van der Waals surface area contributed by atoms with Gasteiger partial charge in [-0.2, -0.15) is 0 Å². The predicted molar refractivity (Wildman–Crippen MR) is 54.6 cm³/mol. The molecule has 0 saturated carbocycles. The number of amides is 2. The van der Waals surface area contributed by atoms with Crippen molar-refractivity contribution in [2.75, 3.05) is 12.8 Å². The maximum Gasteiger partial charge on any atom is 0.326 e. The van der Waals surface area contributed by atoms with E-state index in [1.54, 1.807) is 0 Å². The van der Waals surface area contributed by atoms with E-state index < -0.39 is 18.1 Å². The number of hydrogen-bond donors (Lipinski definition) is 2. The minimum atomic E-state index is -1.07. The van der Waals surface area contributed by atoms with Gasteiger partial charge in [-0.25, -0.2) is 4.79 Å². The lowest BCUT2D eigenvalue weighted by Crippen LogP contribution is -2.49. The molecule has 0 aromatic heterocycles. The summed E-state index contributed by atoms with van der Waals surface area (Å²) < 4.78 is 0. The Hall–Kier alpha value is -1.24. The second-order valence-corrected chi connectivity index (χ2v) is 4.25. The molecule has 1 aliphatic rings. The van der Waals surface area contributed by atoms with Gasteiger partial charge in [0, 0.05) is 12.8 Å². The van der Waals surface area contributed by atoms with Crippen LogP contribution in [0.4, 0.5) is 4.79 Å². The number of carbonyl (C=O) groups is 3. The number of carboxylic acids is 1. The summed E-state index contributed by atoms with van der Waals surface area (Å²) in [6.45, 7) is 1.42. The molecule has 0 aromatic rings. The average Bonchev–Trinajstić information content (AvgIpc) is 2.61. The predicted octanol–water partition coefficient (Wildman–Crippen LogP) is -0.257. The topological polar surface area (TPSA) is 86.7 Å². The third-order valence-corrected chi connectivity index (χ3v) is 3.14. The highest BCUT2D eigenvalue weighted by Gasteiger charge is 2.33. The van der Waals surface area contributed by atoms with Crippen molar-refractivity contribution in [1.82, 2.24) is 10.2 Å². The number of hydrogen-bond acceptors (Lipinski definition) is 4. The van der Waals surface area contributed by atoms with Gasteiger partial charge in [-0.1, -0.05) is 11.8 Å². The first-order valence-electron chi connectivity index (χ1n) is 4.36. The molecule has 6 nitrogen and oxygen atoms in total. The van der Waals surface area contributed by atoms with Gasteiger partial charge in [-0.3, -0.25) is 9.59 Å². The SMILES string of the molecule is CC(C(=O)O)N(C)C(=O)[C@@H]1CSC(=O)N1. The monoisotopic (exact) mass is 232 g/mol. The van der Waals surface area contributed by atoms with Crippen LogP contribution in [0.15, 0.2) is 0 Å². The number of thioether (sulfide) groups is 1. The van der Waals surface area contributed by atoms with E-state index in [9.17, 15) is 14.4 Å². The van der Waals surface area contributed by atoms with E-state index in [1.807, 2.05) is 0 Å². The van der Waals surface area contributed by atoms with Crippen molar-refractivity contribution in [3.8, 4) is 0 Å². The van der Waals surface area contributed by atoms with Gasteiger partial charge in [0.05, 0.1) is 0 Å². The quantitative estimate of drug-likeness (QED) is 0.700. The second-order valence-electron chi connectivity index (χ2n) is 3.26. The minimum Gasteiger partial charge on any atom is -0.480 e. The molecule has 1 saturated heterocycles. The molecule has 0 radical (unpaired) electrons. The Kier molecular flexibility index (Phi) is 3.57. The molecule has 0 spiro atoms. The summed E-state index contributed by atoms with van der Waals surface area (Å²) >= 11 is 1.03. The molecular formula is C8H12N2O4S. The van der Waals surface area contributed by atoms with Gasteiger partial charge < -0.3 is 15.3 Å². The van der Waals surface area contributed by atoms with Crippen LogP contribution >= 0.6 is 11.8 Å². The molecular weight excluding hydrogens is 220 g/mol. The van der Waals surface area contributed by atoms with E-state index in [-0.39, 0.29) is 11.1 Å². The number of likely N-dealkylation sites (N-methyl/N-ethyl adjacent to an activating group) is 1. The fourth-order valence-electron chi connectivity index (χ4n) is 1.12. The molecule has 1 heterocycles. The maximum atomic E-state index is 11.7. The first-order chi connectivity index (χ1) is 6.93. The zero-order valence-electron chi connectivity index (χ0n) is 8.39. The summed E-state index contributed by atoms with van der Waals surface area (Å²) in [4.78, 5) is 34.3. The Morgan fingerprint density at radius 2 is 2.27 bits per heavy atom. The molecule has 1 aliphatic heterocycles. The lowest BCUT2D eigenvalue weighted by atomic mass is 10.2. The molecule has 15 heavy (non-hydrogen) atoms. The first-order valence-corrected chi connectivity index (χ1v) is 5.35. The van der Waals surface area contributed by atoms with Crippen LogP contribution in [-0.4, -0.2) is 52.0 Å². The molecule has 0 aromatic carbocycles. The van der Waals surface area contributed by atoms with E-state index in [4.69, 9.17) is 5.11 Å². The Balaban J connectivity index is 2.60. The normalized spacial score (nSPS) is 22.0. The fraction of sp³-hybridized carbons (Fsp3) is 0.625. The van der Waals surface area contributed by atoms with Crippen LogP contribution in [0.1, 0.15) is 6.92 Å². The van der Waals surface area contributed by atoms with Gasteiger partial charge >= 0.3 is 5.97 Å². The summed E-state index contributed by atoms with van der Waals surface area (Å²) in [7, 11) is 1.41. The van der Waals surface area contributed by atoms with Crippen LogP contribution in [-0.2, 0) is 9.59 Å². The van der Waals surface area contributed by atoms with E-state index in [1.165, 1.54) is 14.0 Å². The maximum absolute atomic E-state index is 11.7. The lowest BCUT2D eigenvalue weighted by molar-refractivity contribution is -0.148. The van der Waals surface area contributed by atoms with Crippen molar-refractivity contribution in [1.29, 1.82) is 0 Å². The van der Waals surface area contributed by atoms with Gasteiger partial charge in [0.1, 0.15) is 12.1 Å². The fourth-order valence-corrected chi connectivity index (χ4v) is 1.89. The van der Waals surface area contributed by atoms with Crippen LogP contribution in [0.3, 0.4) is 0 Å². The number of aliphatic carboxylic acids is 1. The van der Waals surface area contributed by atoms with Gasteiger partial charge in [-0.05, 0) is 6.92 Å². The smallest absolute Gasteiger partial charge is 0.326 e. The number of carbonyl (C=O) groups excluding carboxylic acids is 2. The van der Waals surface area contributed by atoms with Crippen LogP contribution in [0.25, 0.3) is 0 Å². The van der Waals surface area contributed by atoms with Crippen molar-refractivity contribution in [3.63, 3.8) is 0 Å². The van der Waals surface area contributed by atoms with Crippen LogP contribution in [0.2, 0.25) is 0 Å². The molecule has 2 amide bonds. The molecule has 0 bridgehead atoms. The van der Waals surface area contributed by atoms with Crippen molar-refractivity contribution in [2.24, 2.45) is 0 Å². The van der Waals surface area contributed by atoms with Crippen LogP contribution in [0, 0.1) is 0 Å². The summed E-state index contributed by atoms with van der Waals surface area (Å²) in [5.41, 5.74) is 0. The second kappa shape index (κ2) is 4.52. The summed E-state index contributed by atoms with van der Waals surface area (Å²) in [6, 6.07) is -1.49. The molecule has 2 N–H and O–H groups in total. The zero-order chi connectivity index (χ0) is 11.6. The third kappa shape index (κ3) is 2.62. The minimum absolute atomic E-state index is 0.246. The Bertz CT molecular complexity index is 307. The molecule has 2 atom stereocenters. The van der Waals surface area contributed by atoms with Crippen molar-refractivity contribution in [3.05, 3.63) is 0 Å². The molecule has 0 aliphatic carbocycles. The molecule has 7 heteroatoms. The van der Waals surface area contributed by atoms with Crippen LogP contribution in [0.5, 0.6) is 0 Å². The molecule has 1 unspecified atom stereocenters. The Morgan fingerprint density at radius 3 is 2.67 bits per heavy atom. The Labute approximate surface area is 91.0 Å². The highest BCUT2D eigenvalue weighted by Crippen LogP contribution is 2.15. The standard InChI is InChI=1S/C8H12N2O4S/c1-4(7(12)13)10(2)6(11)5-3-15-8(14)9-5/h4-5H,3H2,1-2H3,(H,9,14)(H,12,13)/t4?,5-/m0/s1.